The minimum atomic E-state index is -4.60. The van der Waals surface area contributed by atoms with Gasteiger partial charge in [0.05, 0.1) is 23.7 Å². The molecule has 12 rings (SSSR count). The van der Waals surface area contributed by atoms with E-state index in [1.807, 2.05) is 76.2 Å². The summed E-state index contributed by atoms with van der Waals surface area (Å²) in [6.07, 6.45) is -3.17. The van der Waals surface area contributed by atoms with E-state index in [9.17, 15) is 71.9 Å². The van der Waals surface area contributed by atoms with Crippen LogP contribution in [0.4, 0.5) is 52.7 Å². The summed E-state index contributed by atoms with van der Waals surface area (Å²) in [5, 5.41) is 0. The third-order valence-corrected chi connectivity index (χ3v) is 16.7. The van der Waals surface area contributed by atoms with E-state index in [1.54, 1.807) is 48.5 Å². The third-order valence-electron chi connectivity index (χ3n) is 16.7. The molecule has 8 nitrogen and oxygen atoms in total. The summed E-state index contributed by atoms with van der Waals surface area (Å²) in [5.74, 6) is -7.57. The molecular weight excluding hydrogens is 1170 g/mol. The number of hydrogen-bond donors (Lipinski definition) is 0. The maximum atomic E-state index is 12.8. The van der Waals surface area contributed by atoms with E-state index in [1.165, 1.54) is 0 Å². The zero-order valence-electron chi connectivity index (χ0n) is 50.6. The van der Waals surface area contributed by atoms with Crippen LogP contribution in [-0.4, -0.2) is 75.0 Å². The Bertz CT molecular complexity index is 2350. The summed E-state index contributed by atoms with van der Waals surface area (Å²) in [7, 11) is 0. The molecule has 8 aliphatic rings. The SMILES string of the molecule is C[C@@H]1CCCCCc2ccc(cc2)[C@@H](C(=O)OCC(F)(F)F)[C@H](C)CCCCCc2ccc(cc2)[C@H]1C(=O)OCC(F)(F)F.C[C@@H]1CCCCCc2ccc(cc2)[C@@H](C(=O)OCC(F)(F)F)[C@H](C)CCCCCc2ccc(cc2)[C@H]1C(=O)OCC(F)(F)F. The zero-order chi connectivity index (χ0) is 64.7. The van der Waals surface area contributed by atoms with Crippen molar-refractivity contribution in [3.8, 4) is 0 Å². The predicted molar refractivity (Wildman–Crippen MR) is 310 cm³/mol. The van der Waals surface area contributed by atoms with Crippen LogP contribution in [0.2, 0.25) is 0 Å². The number of rotatable bonds is 8. The molecule has 0 heterocycles. The van der Waals surface area contributed by atoms with Crippen molar-refractivity contribution in [3.05, 3.63) is 142 Å². The second-order valence-electron chi connectivity index (χ2n) is 24.1. The zero-order valence-corrected chi connectivity index (χ0v) is 50.6. The molecule has 0 N–H and O–H groups in total. The van der Waals surface area contributed by atoms with Gasteiger partial charge in [-0.2, -0.15) is 52.7 Å². The summed E-state index contributed by atoms with van der Waals surface area (Å²) < 4.78 is 172. The highest BCUT2D eigenvalue weighted by molar-refractivity contribution is 5.80. The molecule has 0 saturated carbocycles. The van der Waals surface area contributed by atoms with Gasteiger partial charge in [-0.1, -0.05) is 176 Å². The van der Waals surface area contributed by atoms with E-state index >= 15 is 0 Å². The minimum absolute atomic E-state index is 0.227. The van der Waals surface area contributed by atoms with Gasteiger partial charge in [-0.15, -0.1) is 0 Å². The van der Waals surface area contributed by atoms with Crippen LogP contribution < -0.4 is 0 Å². The van der Waals surface area contributed by atoms with E-state index in [2.05, 4.69) is 18.9 Å². The first kappa shape index (κ1) is 72.7. The van der Waals surface area contributed by atoms with Gasteiger partial charge in [0.1, 0.15) is 0 Å². The fourth-order valence-corrected chi connectivity index (χ4v) is 11.9. The van der Waals surface area contributed by atoms with E-state index in [0.29, 0.717) is 47.9 Å². The smallest absolute Gasteiger partial charge is 0.422 e. The fourth-order valence-electron chi connectivity index (χ4n) is 11.9. The van der Waals surface area contributed by atoms with Crippen molar-refractivity contribution >= 4 is 23.9 Å². The molecule has 0 unspecified atom stereocenters. The number of hydrogen-bond acceptors (Lipinski definition) is 8. The number of ether oxygens (including phenoxy) is 4. The molecule has 4 aromatic carbocycles. The molecule has 0 radical (unpaired) electrons. The predicted octanol–water partition coefficient (Wildman–Crippen LogP) is 18.5. The van der Waals surface area contributed by atoms with E-state index in [0.717, 1.165) is 125 Å². The van der Waals surface area contributed by atoms with E-state index < -0.39 is 98.7 Å². The van der Waals surface area contributed by atoms with Crippen LogP contribution in [0.25, 0.3) is 0 Å². The largest absolute Gasteiger partial charge is 0.456 e. The Morgan fingerprint density at radius 1 is 0.295 bits per heavy atom. The molecule has 0 aromatic heterocycles. The summed E-state index contributed by atoms with van der Waals surface area (Å²) in [5.41, 5.74) is 6.61. The van der Waals surface area contributed by atoms with Crippen LogP contribution in [0.15, 0.2) is 97.1 Å². The molecule has 0 aliphatic heterocycles. The van der Waals surface area contributed by atoms with Crippen LogP contribution in [0.3, 0.4) is 0 Å². The van der Waals surface area contributed by atoms with Crippen molar-refractivity contribution in [2.24, 2.45) is 23.7 Å². The average Bonchev–Trinajstić information content (AvgIpc) is 3.67. The molecule has 0 saturated heterocycles. The Balaban J connectivity index is 0.000000321. The Hall–Kier alpha value is -6.08. The Labute approximate surface area is 509 Å². The maximum absolute atomic E-state index is 12.8. The Morgan fingerprint density at radius 2 is 0.466 bits per heavy atom. The topological polar surface area (TPSA) is 105 Å². The molecule has 20 heteroatoms. The van der Waals surface area contributed by atoms with Crippen LogP contribution in [-0.2, 0) is 63.8 Å². The van der Waals surface area contributed by atoms with Gasteiger partial charge in [-0.05, 0) is 145 Å². The van der Waals surface area contributed by atoms with Crippen molar-refractivity contribution in [3.63, 3.8) is 0 Å². The van der Waals surface area contributed by atoms with Gasteiger partial charge in [0.15, 0.2) is 26.4 Å². The summed E-state index contributed by atoms with van der Waals surface area (Å²) in [4.78, 5) is 51.4. The van der Waals surface area contributed by atoms with Crippen molar-refractivity contribution < 1.29 is 90.8 Å². The van der Waals surface area contributed by atoms with Crippen molar-refractivity contribution in [2.45, 2.75) is 204 Å². The molecule has 8 bridgehead atoms. The number of halogens is 12. The molecule has 0 spiro atoms. The lowest BCUT2D eigenvalue weighted by molar-refractivity contribution is -0.188. The second-order valence-corrected chi connectivity index (χ2v) is 24.1. The number of carbonyl (C=O) groups excluding carboxylic acids is 4. The molecule has 4 aromatic rings. The van der Waals surface area contributed by atoms with Gasteiger partial charge in [0.2, 0.25) is 0 Å². The standard InChI is InChI=1S/2C34H42F6O4/c2*1-23-9-5-3-7-11-26-15-19-28(20-16-26)30(32(42)44-22-34(38,39)40)24(2)10-6-4-8-12-25-13-17-27(18-14-25)29(23)31(41)43-21-33(35,36)37/h2*13-20,23-24,29-30H,3-12,21-22H2,1-2H3/t2*23-,24-,29+,30+/m11/s1. The third kappa shape index (κ3) is 26.2. The van der Waals surface area contributed by atoms with Crippen LogP contribution in [0, 0.1) is 23.7 Å². The van der Waals surface area contributed by atoms with Gasteiger partial charge in [0, 0.05) is 0 Å². The Kier molecular flexibility index (Phi) is 28.7. The van der Waals surface area contributed by atoms with Crippen LogP contribution >= 0.6 is 0 Å². The first-order valence-electron chi connectivity index (χ1n) is 30.8. The van der Waals surface area contributed by atoms with Crippen LogP contribution in [0.1, 0.15) is 199 Å². The molecular formula is C68H84F12O8. The summed E-state index contributed by atoms with van der Waals surface area (Å²) >= 11 is 0. The first-order valence-corrected chi connectivity index (χ1v) is 30.8. The number of aryl methyl sites for hydroxylation is 4. The van der Waals surface area contributed by atoms with E-state index in [4.69, 9.17) is 0 Å². The van der Waals surface area contributed by atoms with Crippen molar-refractivity contribution in [1.29, 1.82) is 0 Å². The van der Waals surface area contributed by atoms with Crippen molar-refractivity contribution in [2.75, 3.05) is 26.4 Å². The van der Waals surface area contributed by atoms with Gasteiger partial charge in [-0.3, -0.25) is 19.2 Å². The maximum Gasteiger partial charge on any atom is 0.422 e. The summed E-state index contributed by atoms with van der Waals surface area (Å²) in [6.45, 7) is 1.01. The van der Waals surface area contributed by atoms with E-state index in [-0.39, 0.29) is 23.7 Å². The summed E-state index contributed by atoms with van der Waals surface area (Å²) in [6, 6.07) is 29.4. The highest BCUT2D eigenvalue weighted by Crippen LogP contribution is 2.37. The van der Waals surface area contributed by atoms with Gasteiger partial charge >= 0.3 is 48.6 Å². The second kappa shape index (κ2) is 34.8. The molecule has 8 atom stereocenters. The van der Waals surface area contributed by atoms with Gasteiger partial charge < -0.3 is 18.9 Å². The molecule has 8 aliphatic carbocycles. The number of alkyl halides is 12. The minimum Gasteiger partial charge on any atom is -0.456 e. The normalized spacial score (nSPS) is 22.9. The highest BCUT2D eigenvalue weighted by atomic mass is 19.4. The number of carbonyl (C=O) groups is 4. The lowest BCUT2D eigenvalue weighted by Gasteiger charge is -2.24. The average molecular weight is 1260 g/mol. The van der Waals surface area contributed by atoms with Gasteiger partial charge in [-0.25, -0.2) is 0 Å². The highest BCUT2D eigenvalue weighted by Gasteiger charge is 2.38. The molecule has 0 fully saturated rings. The van der Waals surface area contributed by atoms with Crippen molar-refractivity contribution in [1.82, 2.24) is 0 Å². The lowest BCUT2D eigenvalue weighted by atomic mass is 9.82. The van der Waals surface area contributed by atoms with Crippen LogP contribution in [0.5, 0.6) is 0 Å². The fraction of sp³-hybridized carbons (Fsp3) is 0.588. The molecule has 88 heavy (non-hydrogen) atoms. The molecule has 488 valence electrons. The quantitative estimate of drug-likeness (QED) is 0.0976. The number of benzene rings is 4. The lowest BCUT2D eigenvalue weighted by Crippen LogP contribution is -2.27. The van der Waals surface area contributed by atoms with Gasteiger partial charge in [0.25, 0.3) is 0 Å². The first-order chi connectivity index (χ1) is 41.5. The monoisotopic (exact) mass is 1260 g/mol. The number of esters is 4. The Morgan fingerprint density at radius 3 is 0.625 bits per heavy atom. The molecule has 0 amide bonds.